The molecule has 0 amide bonds. The lowest BCUT2D eigenvalue weighted by atomic mass is 10.1. The summed E-state index contributed by atoms with van der Waals surface area (Å²) in [6.45, 7) is 4.89. The molecule has 146 valence electrons. The summed E-state index contributed by atoms with van der Waals surface area (Å²) in [6.07, 6.45) is 5.61. The maximum Gasteiger partial charge on any atom is 0.335 e. The van der Waals surface area contributed by atoms with Crippen molar-refractivity contribution in [3.8, 4) is 0 Å². The van der Waals surface area contributed by atoms with Crippen LogP contribution in [0.15, 0.2) is 60.9 Å². The number of nitrogens with one attached hydrogen (secondary N) is 2. The quantitative estimate of drug-likeness (QED) is 0.473. The topological polar surface area (TPSA) is 74.2 Å². The van der Waals surface area contributed by atoms with Crippen molar-refractivity contribution in [1.82, 2.24) is 15.6 Å². The molecule has 1 aromatic heterocycles. The van der Waals surface area contributed by atoms with E-state index in [-0.39, 0.29) is 0 Å². The fraction of sp³-hybridized carbons (Fsp3) is 0.304. The van der Waals surface area contributed by atoms with Crippen LogP contribution in [0.25, 0.3) is 10.8 Å². The molecule has 0 fully saturated rings. The van der Waals surface area contributed by atoms with Crippen LogP contribution in [0.4, 0.5) is 0 Å². The van der Waals surface area contributed by atoms with E-state index in [1.165, 1.54) is 16.3 Å². The van der Waals surface area contributed by atoms with Gasteiger partial charge in [-0.25, -0.2) is 4.79 Å². The molecule has 2 aromatic carbocycles. The van der Waals surface area contributed by atoms with Crippen LogP contribution >= 0.6 is 0 Å². The Balaban J connectivity index is 1.32. The monoisotopic (exact) mass is 377 g/mol. The molecule has 0 radical (unpaired) electrons. The van der Waals surface area contributed by atoms with E-state index in [4.69, 9.17) is 5.11 Å². The van der Waals surface area contributed by atoms with E-state index >= 15 is 0 Å². The summed E-state index contributed by atoms with van der Waals surface area (Å²) < 4.78 is 0. The zero-order valence-corrected chi connectivity index (χ0v) is 16.2. The van der Waals surface area contributed by atoms with Crippen molar-refractivity contribution in [2.24, 2.45) is 0 Å². The lowest BCUT2D eigenvalue weighted by molar-refractivity contribution is 0.0697. The molecule has 5 heteroatoms. The normalized spacial score (nSPS) is 12.2. The van der Waals surface area contributed by atoms with E-state index in [1.807, 2.05) is 30.6 Å². The van der Waals surface area contributed by atoms with Gasteiger partial charge in [-0.2, -0.15) is 0 Å². The number of hydrogen-bond acceptors (Lipinski definition) is 4. The van der Waals surface area contributed by atoms with Gasteiger partial charge in [0, 0.05) is 30.4 Å². The highest BCUT2D eigenvalue weighted by atomic mass is 16.4. The zero-order chi connectivity index (χ0) is 19.8. The minimum absolute atomic E-state index is 0.331. The van der Waals surface area contributed by atoms with Crippen molar-refractivity contribution in [1.29, 1.82) is 0 Å². The number of nitrogens with zero attached hydrogens (tertiary/aromatic N) is 1. The van der Waals surface area contributed by atoms with Gasteiger partial charge in [-0.1, -0.05) is 30.3 Å². The minimum Gasteiger partial charge on any atom is -0.478 e. The third kappa shape index (κ3) is 5.87. The molecule has 0 aliphatic rings. The number of pyridine rings is 1. The lowest BCUT2D eigenvalue weighted by Gasteiger charge is -2.15. The molecule has 0 unspecified atom stereocenters. The molecule has 3 rings (SSSR count). The Morgan fingerprint density at radius 3 is 2.54 bits per heavy atom. The van der Waals surface area contributed by atoms with E-state index in [0.717, 1.165) is 38.0 Å². The third-order valence-electron chi connectivity index (χ3n) is 4.85. The van der Waals surface area contributed by atoms with Crippen molar-refractivity contribution >= 4 is 16.7 Å². The van der Waals surface area contributed by atoms with Gasteiger partial charge in [0.25, 0.3) is 0 Å². The summed E-state index contributed by atoms with van der Waals surface area (Å²) in [5, 5.41) is 18.3. The van der Waals surface area contributed by atoms with Crippen molar-refractivity contribution < 1.29 is 9.90 Å². The second kappa shape index (κ2) is 9.97. The van der Waals surface area contributed by atoms with Crippen LogP contribution in [0.2, 0.25) is 0 Å². The maximum absolute atomic E-state index is 10.9. The molecule has 5 nitrogen and oxygen atoms in total. The first-order valence-electron chi connectivity index (χ1n) is 9.71. The first-order valence-corrected chi connectivity index (χ1v) is 9.71. The first kappa shape index (κ1) is 20.0. The molecule has 3 N–H and O–H groups in total. The number of aromatic carboxylic acids is 1. The van der Waals surface area contributed by atoms with E-state index < -0.39 is 5.97 Å². The Morgan fingerprint density at radius 1 is 1.00 bits per heavy atom. The summed E-state index contributed by atoms with van der Waals surface area (Å²) in [6, 6.07) is 16.1. The van der Waals surface area contributed by atoms with Crippen LogP contribution in [-0.4, -0.2) is 41.7 Å². The Morgan fingerprint density at radius 2 is 1.75 bits per heavy atom. The highest BCUT2D eigenvalue weighted by molar-refractivity contribution is 5.87. The predicted octanol–water partition coefficient (Wildman–Crippen LogP) is 3.29. The predicted molar refractivity (Wildman–Crippen MR) is 113 cm³/mol. The van der Waals surface area contributed by atoms with Crippen LogP contribution in [0.3, 0.4) is 0 Å². The van der Waals surface area contributed by atoms with Gasteiger partial charge in [-0.05, 0) is 67.6 Å². The van der Waals surface area contributed by atoms with Gasteiger partial charge < -0.3 is 15.7 Å². The van der Waals surface area contributed by atoms with Crippen molar-refractivity contribution in [2.75, 3.05) is 19.6 Å². The lowest BCUT2D eigenvalue weighted by Crippen LogP contribution is -2.38. The number of rotatable bonds is 10. The average molecular weight is 377 g/mol. The largest absolute Gasteiger partial charge is 0.478 e. The Labute approximate surface area is 165 Å². The molecule has 0 bridgehead atoms. The number of benzene rings is 2. The van der Waals surface area contributed by atoms with Crippen LogP contribution in [0.1, 0.15) is 28.4 Å². The molecule has 0 spiro atoms. The van der Waals surface area contributed by atoms with Crippen molar-refractivity contribution in [3.63, 3.8) is 0 Å². The number of aromatic nitrogens is 1. The van der Waals surface area contributed by atoms with E-state index in [0.29, 0.717) is 11.6 Å². The molecule has 0 aliphatic heterocycles. The number of carbonyl (C=O) groups is 1. The van der Waals surface area contributed by atoms with Crippen molar-refractivity contribution in [3.05, 3.63) is 77.6 Å². The van der Waals surface area contributed by atoms with Crippen LogP contribution < -0.4 is 10.6 Å². The SMILES string of the molecule is C[C@H](CNCCc1ccc(C(=O)O)cc1)NCCc1ccc2cnccc2c1. The van der Waals surface area contributed by atoms with Gasteiger partial charge >= 0.3 is 5.97 Å². The molecule has 28 heavy (non-hydrogen) atoms. The first-order chi connectivity index (χ1) is 13.6. The van der Waals surface area contributed by atoms with Crippen LogP contribution in [0.5, 0.6) is 0 Å². The number of fused-ring (bicyclic) bond motifs is 1. The number of carboxylic acid groups (broad SMARTS) is 1. The fourth-order valence-electron chi connectivity index (χ4n) is 3.19. The highest BCUT2D eigenvalue weighted by Crippen LogP contribution is 2.14. The van der Waals surface area contributed by atoms with Crippen molar-refractivity contribution in [2.45, 2.75) is 25.8 Å². The Kier molecular flexibility index (Phi) is 7.12. The smallest absolute Gasteiger partial charge is 0.335 e. The second-order valence-electron chi connectivity index (χ2n) is 7.12. The highest BCUT2D eigenvalue weighted by Gasteiger charge is 2.03. The molecular formula is C23H27N3O2. The average Bonchev–Trinajstić information content (AvgIpc) is 2.71. The third-order valence-corrected chi connectivity index (χ3v) is 4.85. The summed E-state index contributed by atoms with van der Waals surface area (Å²) in [7, 11) is 0. The molecule has 0 saturated heterocycles. The van der Waals surface area contributed by atoms with Gasteiger partial charge in [0.15, 0.2) is 0 Å². The van der Waals surface area contributed by atoms with E-state index in [1.54, 1.807) is 12.1 Å². The van der Waals surface area contributed by atoms with Crippen LogP contribution in [-0.2, 0) is 12.8 Å². The number of hydrogen-bond donors (Lipinski definition) is 3. The zero-order valence-electron chi connectivity index (χ0n) is 16.2. The van der Waals surface area contributed by atoms with Gasteiger partial charge in [-0.15, -0.1) is 0 Å². The summed E-state index contributed by atoms with van der Waals surface area (Å²) in [5.41, 5.74) is 2.80. The fourth-order valence-corrected chi connectivity index (χ4v) is 3.19. The standard InChI is InChI=1S/C23H27N3O2/c1-17(15-24-11-8-18-2-5-20(6-3-18)23(27)28)26-13-9-19-4-7-22-16-25-12-10-21(22)14-19/h2-7,10,12,14,16-17,24,26H,8-9,11,13,15H2,1H3,(H,27,28)/t17-/m1/s1. The number of carboxylic acids is 1. The van der Waals surface area contributed by atoms with Gasteiger partial charge in [-0.3, -0.25) is 4.98 Å². The molecule has 3 aromatic rings. The summed E-state index contributed by atoms with van der Waals surface area (Å²) in [5.74, 6) is -0.884. The van der Waals surface area contributed by atoms with Gasteiger partial charge in [0.1, 0.15) is 0 Å². The van der Waals surface area contributed by atoms with Crippen LogP contribution in [0, 0.1) is 0 Å². The second-order valence-corrected chi connectivity index (χ2v) is 7.12. The Bertz CT molecular complexity index is 909. The molecule has 1 atom stereocenters. The minimum atomic E-state index is -0.884. The van der Waals surface area contributed by atoms with E-state index in [2.05, 4.69) is 40.7 Å². The summed E-state index contributed by atoms with van der Waals surface area (Å²) >= 11 is 0. The Hall–Kier alpha value is -2.76. The summed E-state index contributed by atoms with van der Waals surface area (Å²) in [4.78, 5) is 15.0. The van der Waals surface area contributed by atoms with Gasteiger partial charge in [0.2, 0.25) is 0 Å². The molecular weight excluding hydrogens is 350 g/mol. The molecule has 1 heterocycles. The molecule has 0 saturated carbocycles. The maximum atomic E-state index is 10.9. The van der Waals surface area contributed by atoms with E-state index in [9.17, 15) is 4.79 Å². The molecule has 0 aliphatic carbocycles. The van der Waals surface area contributed by atoms with Gasteiger partial charge in [0.05, 0.1) is 5.56 Å².